The molecule has 0 aromatic carbocycles. The van der Waals surface area contributed by atoms with E-state index in [2.05, 4.69) is 20.9 Å². The molecule has 5 nitrogen and oxygen atoms in total. The second kappa shape index (κ2) is 6.73. The van der Waals surface area contributed by atoms with Gasteiger partial charge in [0.25, 0.3) is 0 Å². The summed E-state index contributed by atoms with van der Waals surface area (Å²) in [5.41, 5.74) is 1.86. The first kappa shape index (κ1) is 13.3. The van der Waals surface area contributed by atoms with Gasteiger partial charge in [0.05, 0.1) is 23.8 Å². The molecule has 0 fully saturated rings. The molecular weight excluding hydrogens is 216 g/mol. The van der Waals surface area contributed by atoms with E-state index < -0.39 is 0 Å². The van der Waals surface area contributed by atoms with Gasteiger partial charge in [-0.3, -0.25) is 9.78 Å². The third-order valence-electron chi connectivity index (χ3n) is 2.16. The Bertz CT molecular complexity index is 365. The van der Waals surface area contributed by atoms with Crippen molar-refractivity contribution in [2.75, 3.05) is 24.2 Å². The highest BCUT2D eigenvalue weighted by Gasteiger charge is 2.02. The van der Waals surface area contributed by atoms with E-state index in [0.717, 1.165) is 11.4 Å². The third-order valence-corrected chi connectivity index (χ3v) is 2.16. The van der Waals surface area contributed by atoms with E-state index in [1.54, 1.807) is 12.4 Å². The van der Waals surface area contributed by atoms with Crippen molar-refractivity contribution in [2.24, 2.45) is 0 Å². The van der Waals surface area contributed by atoms with Crippen molar-refractivity contribution < 1.29 is 4.79 Å². The van der Waals surface area contributed by atoms with Crippen molar-refractivity contribution in [3.05, 3.63) is 18.5 Å². The first-order valence-corrected chi connectivity index (χ1v) is 5.78. The lowest BCUT2D eigenvalue weighted by molar-refractivity contribution is -0.121. The maximum Gasteiger partial charge on any atom is 0.221 e. The highest BCUT2D eigenvalue weighted by atomic mass is 16.1. The topological polar surface area (TPSA) is 66.0 Å². The molecule has 3 N–H and O–H groups in total. The van der Waals surface area contributed by atoms with Gasteiger partial charge >= 0.3 is 0 Å². The highest BCUT2D eigenvalue weighted by Crippen LogP contribution is 2.11. The molecule has 1 aromatic heterocycles. The van der Waals surface area contributed by atoms with E-state index in [-0.39, 0.29) is 11.9 Å². The molecule has 1 rings (SSSR count). The number of hydrogen-bond donors (Lipinski definition) is 3. The van der Waals surface area contributed by atoms with E-state index in [9.17, 15) is 4.79 Å². The number of aromatic nitrogens is 1. The summed E-state index contributed by atoms with van der Waals surface area (Å²) < 4.78 is 0. The Morgan fingerprint density at radius 3 is 2.71 bits per heavy atom. The first-order valence-electron chi connectivity index (χ1n) is 5.78. The molecule has 0 spiro atoms. The van der Waals surface area contributed by atoms with Crippen molar-refractivity contribution in [1.82, 2.24) is 10.3 Å². The Hall–Kier alpha value is -1.78. The van der Waals surface area contributed by atoms with Crippen LogP contribution in [0.15, 0.2) is 18.5 Å². The minimum atomic E-state index is 0.0604. The van der Waals surface area contributed by atoms with Crippen LogP contribution in [0.3, 0.4) is 0 Å². The number of nitrogens with zero attached hydrogens (tertiary/aromatic N) is 1. The molecule has 0 bridgehead atoms. The minimum Gasteiger partial charge on any atom is -0.387 e. The van der Waals surface area contributed by atoms with Crippen molar-refractivity contribution in [3.8, 4) is 0 Å². The van der Waals surface area contributed by atoms with Crippen molar-refractivity contribution in [2.45, 2.75) is 26.3 Å². The molecule has 1 amide bonds. The maximum absolute atomic E-state index is 11.4. The van der Waals surface area contributed by atoms with Gasteiger partial charge in [-0.05, 0) is 19.9 Å². The highest BCUT2D eigenvalue weighted by molar-refractivity contribution is 5.76. The molecule has 1 heterocycles. The number of pyridine rings is 1. The van der Waals surface area contributed by atoms with Gasteiger partial charge in [0.15, 0.2) is 0 Å². The normalized spacial score (nSPS) is 10.1. The van der Waals surface area contributed by atoms with Gasteiger partial charge in [0, 0.05) is 26.1 Å². The quantitative estimate of drug-likeness (QED) is 0.699. The zero-order valence-electron chi connectivity index (χ0n) is 10.6. The fourth-order valence-electron chi connectivity index (χ4n) is 1.39. The third kappa shape index (κ3) is 5.19. The molecule has 0 aliphatic rings. The largest absolute Gasteiger partial charge is 0.387 e. The second-order valence-corrected chi connectivity index (χ2v) is 4.11. The summed E-state index contributed by atoms with van der Waals surface area (Å²) in [6, 6.07) is 2.14. The fraction of sp³-hybridized carbons (Fsp3) is 0.500. The van der Waals surface area contributed by atoms with Crippen LogP contribution in [0.5, 0.6) is 0 Å². The van der Waals surface area contributed by atoms with Gasteiger partial charge in [-0.1, -0.05) is 0 Å². The van der Waals surface area contributed by atoms with Crippen LogP contribution >= 0.6 is 0 Å². The number of anilines is 2. The van der Waals surface area contributed by atoms with Crippen LogP contribution in [-0.4, -0.2) is 30.5 Å². The predicted octanol–water partition coefficient (Wildman–Crippen LogP) is 1.45. The molecule has 0 radical (unpaired) electrons. The van der Waals surface area contributed by atoms with E-state index in [1.807, 2.05) is 27.0 Å². The average Bonchev–Trinajstić information content (AvgIpc) is 2.28. The Balaban J connectivity index is 2.32. The molecule has 94 valence electrons. The summed E-state index contributed by atoms with van der Waals surface area (Å²) in [6.45, 7) is 4.50. The number of carbonyl (C=O) groups excluding carboxylic acids is 1. The van der Waals surface area contributed by atoms with Crippen LogP contribution in [-0.2, 0) is 4.79 Å². The maximum atomic E-state index is 11.4. The molecule has 0 aliphatic carbocycles. The summed E-state index contributed by atoms with van der Waals surface area (Å²) in [4.78, 5) is 15.5. The monoisotopic (exact) mass is 236 g/mol. The second-order valence-electron chi connectivity index (χ2n) is 4.11. The van der Waals surface area contributed by atoms with Crippen LogP contribution in [0.25, 0.3) is 0 Å². The van der Waals surface area contributed by atoms with E-state index in [0.29, 0.717) is 13.0 Å². The fourth-order valence-corrected chi connectivity index (χ4v) is 1.39. The Morgan fingerprint density at radius 1 is 1.35 bits per heavy atom. The van der Waals surface area contributed by atoms with Gasteiger partial charge in [-0.15, -0.1) is 0 Å². The lowest BCUT2D eigenvalue weighted by Crippen LogP contribution is -2.31. The van der Waals surface area contributed by atoms with Crippen molar-refractivity contribution >= 4 is 17.3 Å². The summed E-state index contributed by atoms with van der Waals surface area (Å²) >= 11 is 0. The van der Waals surface area contributed by atoms with Crippen LogP contribution in [0.1, 0.15) is 20.3 Å². The SMILES string of the molecule is CNc1cncc(NCCC(=O)NC(C)C)c1. The van der Waals surface area contributed by atoms with Gasteiger partial charge in [0.2, 0.25) is 5.91 Å². The summed E-state index contributed by atoms with van der Waals surface area (Å²) in [5, 5.41) is 9.02. The van der Waals surface area contributed by atoms with Crippen molar-refractivity contribution in [1.29, 1.82) is 0 Å². The zero-order valence-corrected chi connectivity index (χ0v) is 10.6. The van der Waals surface area contributed by atoms with Gasteiger partial charge in [0.1, 0.15) is 0 Å². The van der Waals surface area contributed by atoms with Gasteiger partial charge in [-0.25, -0.2) is 0 Å². The summed E-state index contributed by atoms with van der Waals surface area (Å²) in [6.07, 6.45) is 3.94. The molecular formula is C12H20N4O. The molecule has 17 heavy (non-hydrogen) atoms. The van der Waals surface area contributed by atoms with E-state index in [4.69, 9.17) is 0 Å². The molecule has 0 saturated heterocycles. The minimum absolute atomic E-state index is 0.0604. The molecule has 1 aromatic rings. The van der Waals surface area contributed by atoms with Crippen molar-refractivity contribution in [3.63, 3.8) is 0 Å². The van der Waals surface area contributed by atoms with Gasteiger partial charge in [-0.2, -0.15) is 0 Å². The molecule has 5 heteroatoms. The molecule has 0 saturated carbocycles. The Morgan fingerprint density at radius 2 is 2.06 bits per heavy atom. The Labute approximate surface area is 102 Å². The number of rotatable bonds is 6. The summed E-state index contributed by atoms with van der Waals surface area (Å²) in [5.74, 6) is 0.0604. The van der Waals surface area contributed by atoms with Crippen LogP contribution in [0, 0.1) is 0 Å². The molecule has 0 atom stereocenters. The number of hydrogen-bond acceptors (Lipinski definition) is 4. The first-order chi connectivity index (χ1) is 8.11. The van der Waals surface area contributed by atoms with E-state index in [1.165, 1.54) is 0 Å². The molecule has 0 aliphatic heterocycles. The predicted molar refractivity (Wildman–Crippen MR) is 70.2 cm³/mol. The average molecular weight is 236 g/mol. The number of amides is 1. The van der Waals surface area contributed by atoms with Gasteiger partial charge < -0.3 is 16.0 Å². The molecule has 0 unspecified atom stereocenters. The lowest BCUT2D eigenvalue weighted by Gasteiger charge is -2.10. The van der Waals surface area contributed by atoms with Crippen LogP contribution in [0.2, 0.25) is 0 Å². The summed E-state index contributed by atoms with van der Waals surface area (Å²) in [7, 11) is 1.84. The lowest BCUT2D eigenvalue weighted by atomic mass is 10.3. The zero-order chi connectivity index (χ0) is 12.7. The van der Waals surface area contributed by atoms with Crippen LogP contribution in [0.4, 0.5) is 11.4 Å². The van der Waals surface area contributed by atoms with E-state index >= 15 is 0 Å². The number of nitrogens with one attached hydrogen (secondary N) is 3. The smallest absolute Gasteiger partial charge is 0.221 e. The standard InChI is InChI=1S/C12H20N4O/c1-9(2)16-12(17)4-5-15-11-6-10(13-3)7-14-8-11/h6-9,13,15H,4-5H2,1-3H3,(H,16,17). The Kier molecular flexibility index (Phi) is 5.26. The van der Waals surface area contributed by atoms with Crippen LogP contribution < -0.4 is 16.0 Å². The number of carbonyl (C=O) groups is 1.